The number of piperidine rings is 1. The molecule has 2 unspecified atom stereocenters. The van der Waals surface area contributed by atoms with E-state index in [0.717, 1.165) is 43.6 Å². The number of hydrogen-bond acceptors (Lipinski definition) is 4. The first-order valence-electron chi connectivity index (χ1n) is 10.0. The summed E-state index contributed by atoms with van der Waals surface area (Å²) in [6.07, 6.45) is 3.34. The number of halogens is 1. The van der Waals surface area contributed by atoms with Crippen molar-refractivity contribution in [3.8, 4) is 0 Å². The van der Waals surface area contributed by atoms with E-state index in [1.165, 1.54) is 18.1 Å². The topological polar surface area (TPSA) is 54.0 Å². The zero-order valence-corrected chi connectivity index (χ0v) is 16.1. The number of rotatable bonds is 4. The maximum atomic E-state index is 14.4. The molecular weight excluding hydrogens is 355 g/mol. The Labute approximate surface area is 163 Å². The summed E-state index contributed by atoms with van der Waals surface area (Å²) in [6, 6.07) is 13.6. The Kier molecular flexibility index (Phi) is 4.40. The van der Waals surface area contributed by atoms with Crippen LogP contribution in [0, 0.1) is 17.7 Å². The Morgan fingerprint density at radius 3 is 2.61 bits per heavy atom. The molecule has 1 N–H and O–H groups in total. The average molecular weight is 380 g/mol. The summed E-state index contributed by atoms with van der Waals surface area (Å²) in [7, 11) is 1.77. The molecule has 2 atom stereocenters. The molecule has 1 saturated heterocycles. The van der Waals surface area contributed by atoms with Crippen LogP contribution in [0.5, 0.6) is 0 Å². The van der Waals surface area contributed by atoms with Gasteiger partial charge in [-0.1, -0.05) is 36.8 Å². The molecule has 2 fully saturated rings. The van der Waals surface area contributed by atoms with E-state index in [0.29, 0.717) is 17.4 Å². The first kappa shape index (κ1) is 17.8. The molecule has 2 aliphatic rings. The van der Waals surface area contributed by atoms with Gasteiger partial charge in [0.25, 0.3) is 0 Å². The van der Waals surface area contributed by atoms with Gasteiger partial charge in [-0.25, -0.2) is 4.39 Å². The summed E-state index contributed by atoms with van der Waals surface area (Å²) in [4.78, 5) is 2.53. The third kappa shape index (κ3) is 2.74. The minimum atomic E-state index is -0.511. The highest BCUT2D eigenvalue weighted by atomic mass is 19.1. The Morgan fingerprint density at radius 2 is 1.89 bits per heavy atom. The first-order valence-corrected chi connectivity index (χ1v) is 10.0. The van der Waals surface area contributed by atoms with Crippen LogP contribution < -0.4 is 0 Å². The predicted octanol–water partition coefficient (Wildman–Crippen LogP) is 3.87. The molecular formula is C22H25FN4O. The molecule has 3 aromatic rings. The van der Waals surface area contributed by atoms with E-state index in [1.54, 1.807) is 13.2 Å². The van der Waals surface area contributed by atoms with Crippen LogP contribution in [0.1, 0.15) is 30.4 Å². The average Bonchev–Trinajstić information content (AvgIpc) is 3.16. The number of aromatic nitrogens is 3. The van der Waals surface area contributed by atoms with Gasteiger partial charge >= 0.3 is 0 Å². The second-order valence-corrected chi connectivity index (χ2v) is 8.15. The Hall–Kier alpha value is -2.31. The molecule has 0 amide bonds. The number of likely N-dealkylation sites (tertiary alicyclic amines) is 1. The zero-order valence-electron chi connectivity index (χ0n) is 16.1. The molecule has 2 aromatic carbocycles. The third-order valence-electron chi connectivity index (χ3n) is 6.67. The van der Waals surface area contributed by atoms with E-state index < -0.39 is 5.60 Å². The minimum absolute atomic E-state index is 0.280. The van der Waals surface area contributed by atoms with Gasteiger partial charge in [0.15, 0.2) is 0 Å². The van der Waals surface area contributed by atoms with Gasteiger partial charge in [0.05, 0.1) is 0 Å². The van der Waals surface area contributed by atoms with Crippen molar-refractivity contribution in [2.45, 2.75) is 31.4 Å². The number of ether oxygens (including phenoxy) is 1. The van der Waals surface area contributed by atoms with E-state index in [1.807, 2.05) is 0 Å². The van der Waals surface area contributed by atoms with Crippen LogP contribution in [0.4, 0.5) is 4.39 Å². The highest BCUT2D eigenvalue weighted by Crippen LogP contribution is 2.52. The monoisotopic (exact) mass is 380 g/mol. The number of methoxy groups -OCH3 is 1. The van der Waals surface area contributed by atoms with Crippen LogP contribution in [0.2, 0.25) is 0 Å². The van der Waals surface area contributed by atoms with E-state index in [-0.39, 0.29) is 5.82 Å². The lowest BCUT2D eigenvalue weighted by atomic mass is 9.62. The number of nitrogens with one attached hydrogen (secondary N) is 1. The van der Waals surface area contributed by atoms with Crippen molar-refractivity contribution in [1.82, 2.24) is 20.3 Å². The standard InChI is InChI=1S/C22H25FN4O/c1-28-22(19-10-18(23)11-20-21(19)25-26-24-20)16-8-5-9-17(22)14-27(13-16)12-15-6-3-2-4-7-15/h2-4,6-7,10-11,16-17H,5,8-9,12-14H2,1H3,(H,24,25,26). The van der Waals surface area contributed by atoms with Crippen molar-refractivity contribution in [2.75, 3.05) is 20.2 Å². The number of fused-ring (bicyclic) bond motifs is 3. The van der Waals surface area contributed by atoms with Crippen molar-refractivity contribution in [1.29, 1.82) is 0 Å². The van der Waals surface area contributed by atoms with Crippen LogP contribution in [0.25, 0.3) is 11.0 Å². The zero-order chi connectivity index (χ0) is 19.1. The lowest BCUT2D eigenvalue weighted by Crippen LogP contribution is -2.58. The molecule has 28 heavy (non-hydrogen) atoms. The second kappa shape index (κ2) is 6.94. The lowest BCUT2D eigenvalue weighted by molar-refractivity contribution is -0.169. The van der Waals surface area contributed by atoms with Crippen molar-refractivity contribution < 1.29 is 9.13 Å². The highest BCUT2D eigenvalue weighted by Gasteiger charge is 2.54. The molecule has 146 valence electrons. The molecule has 1 aliphatic heterocycles. The third-order valence-corrected chi connectivity index (χ3v) is 6.67. The molecule has 1 saturated carbocycles. The Balaban J connectivity index is 1.54. The molecule has 0 spiro atoms. The smallest absolute Gasteiger partial charge is 0.125 e. The molecule has 1 aromatic heterocycles. The van der Waals surface area contributed by atoms with Gasteiger partial charge in [0.1, 0.15) is 22.5 Å². The van der Waals surface area contributed by atoms with Gasteiger partial charge in [-0.05, 0) is 24.5 Å². The van der Waals surface area contributed by atoms with Gasteiger partial charge in [-0.2, -0.15) is 15.4 Å². The fourth-order valence-electron chi connectivity index (χ4n) is 5.59. The predicted molar refractivity (Wildman–Crippen MR) is 105 cm³/mol. The van der Waals surface area contributed by atoms with Crippen molar-refractivity contribution >= 4 is 11.0 Å². The van der Waals surface area contributed by atoms with Crippen LogP contribution in [0.15, 0.2) is 42.5 Å². The highest BCUT2D eigenvalue weighted by molar-refractivity contribution is 5.78. The van der Waals surface area contributed by atoms with Gasteiger partial charge < -0.3 is 4.74 Å². The van der Waals surface area contributed by atoms with Crippen LogP contribution in [0.3, 0.4) is 0 Å². The Bertz CT molecular complexity index is 959. The number of aromatic amines is 1. The number of H-pyrrole nitrogens is 1. The Morgan fingerprint density at radius 1 is 1.14 bits per heavy atom. The summed E-state index contributed by atoms with van der Waals surface area (Å²) in [6.45, 7) is 2.82. The normalized spacial score (nSPS) is 27.9. The van der Waals surface area contributed by atoms with E-state index in [4.69, 9.17) is 4.74 Å². The molecule has 1 aliphatic carbocycles. The van der Waals surface area contributed by atoms with Gasteiger partial charge in [0, 0.05) is 50.2 Å². The summed E-state index contributed by atoms with van der Waals surface area (Å²) in [5.74, 6) is 0.323. The van der Waals surface area contributed by atoms with Crippen LogP contribution in [-0.2, 0) is 16.9 Å². The van der Waals surface area contributed by atoms with Gasteiger partial charge in [-0.15, -0.1) is 0 Å². The molecule has 2 heterocycles. The molecule has 5 nitrogen and oxygen atoms in total. The molecule has 6 heteroatoms. The first-order chi connectivity index (χ1) is 13.7. The summed E-state index contributed by atoms with van der Waals surface area (Å²) < 4.78 is 20.7. The number of nitrogens with zero attached hydrogens (tertiary/aromatic N) is 3. The maximum Gasteiger partial charge on any atom is 0.125 e. The van der Waals surface area contributed by atoms with E-state index in [9.17, 15) is 4.39 Å². The summed E-state index contributed by atoms with van der Waals surface area (Å²) in [5.41, 5.74) is 2.97. The van der Waals surface area contributed by atoms with Crippen LogP contribution in [-0.4, -0.2) is 40.5 Å². The van der Waals surface area contributed by atoms with Crippen molar-refractivity contribution in [3.05, 3.63) is 59.4 Å². The number of hydrogen-bond donors (Lipinski definition) is 1. The second-order valence-electron chi connectivity index (χ2n) is 8.15. The van der Waals surface area contributed by atoms with Crippen molar-refractivity contribution in [2.24, 2.45) is 11.8 Å². The van der Waals surface area contributed by atoms with Gasteiger partial charge in [-0.3, -0.25) is 4.90 Å². The minimum Gasteiger partial charge on any atom is -0.373 e. The number of benzene rings is 2. The quantitative estimate of drug-likeness (QED) is 0.747. The lowest BCUT2D eigenvalue weighted by Gasteiger charge is -2.55. The van der Waals surface area contributed by atoms with E-state index >= 15 is 0 Å². The molecule has 0 radical (unpaired) electrons. The molecule has 5 rings (SSSR count). The maximum absolute atomic E-state index is 14.4. The fraction of sp³-hybridized carbons (Fsp3) is 0.455. The summed E-state index contributed by atoms with van der Waals surface area (Å²) in [5, 5.41) is 11.1. The molecule has 2 bridgehead atoms. The summed E-state index contributed by atoms with van der Waals surface area (Å²) >= 11 is 0. The SMILES string of the molecule is COC1(c2cc(F)cc3n[nH]nc23)C2CCCC1CN(Cc1ccccc1)C2. The fourth-order valence-corrected chi connectivity index (χ4v) is 5.59. The largest absolute Gasteiger partial charge is 0.373 e. The van der Waals surface area contributed by atoms with E-state index in [2.05, 4.69) is 50.6 Å². The van der Waals surface area contributed by atoms with Crippen molar-refractivity contribution in [3.63, 3.8) is 0 Å². The van der Waals surface area contributed by atoms with Gasteiger partial charge in [0.2, 0.25) is 0 Å². The van der Waals surface area contributed by atoms with Crippen LogP contribution >= 0.6 is 0 Å².